The number of hydrogen-bond donors (Lipinski definition) is 2. The lowest BCUT2D eigenvalue weighted by atomic mass is 10.3. The SMILES string of the molecule is CCOc1ccc(S(=O)(=O)Nc2ccc(S(=O)(=O)Nc3ccc(Cl)c(Cl)c3)cc2)cc1. The average molecular weight is 501 g/mol. The maximum atomic E-state index is 12.6. The summed E-state index contributed by atoms with van der Waals surface area (Å²) < 4.78 is 60.3. The van der Waals surface area contributed by atoms with E-state index < -0.39 is 20.0 Å². The van der Waals surface area contributed by atoms with Gasteiger partial charge < -0.3 is 4.74 Å². The van der Waals surface area contributed by atoms with Crippen LogP contribution in [-0.2, 0) is 20.0 Å². The molecule has 3 rings (SSSR count). The van der Waals surface area contributed by atoms with Crippen LogP contribution < -0.4 is 14.2 Å². The lowest BCUT2D eigenvalue weighted by Crippen LogP contribution is -2.14. The summed E-state index contributed by atoms with van der Waals surface area (Å²) in [6.45, 7) is 2.30. The van der Waals surface area contributed by atoms with E-state index in [0.29, 0.717) is 17.4 Å². The van der Waals surface area contributed by atoms with Gasteiger partial charge >= 0.3 is 0 Å². The van der Waals surface area contributed by atoms with E-state index in [-0.39, 0.29) is 26.2 Å². The van der Waals surface area contributed by atoms with E-state index in [2.05, 4.69) is 9.44 Å². The summed E-state index contributed by atoms with van der Waals surface area (Å²) in [6.07, 6.45) is 0. The van der Waals surface area contributed by atoms with E-state index in [0.717, 1.165) is 0 Å². The summed E-state index contributed by atoms with van der Waals surface area (Å²) in [5, 5.41) is 0.509. The van der Waals surface area contributed by atoms with Crippen molar-refractivity contribution in [3.05, 3.63) is 76.8 Å². The van der Waals surface area contributed by atoms with Crippen molar-refractivity contribution in [3.8, 4) is 5.75 Å². The third kappa shape index (κ3) is 5.82. The molecular weight excluding hydrogens is 483 g/mol. The fourth-order valence-electron chi connectivity index (χ4n) is 2.57. The molecule has 0 aliphatic heterocycles. The standard InChI is InChI=1S/C20H18Cl2N2O5S2/c1-2-29-16-6-10-18(11-7-16)30(25,26)23-14-3-8-17(9-4-14)31(27,28)24-15-5-12-19(21)20(22)13-15/h3-13,23-24H,2H2,1H3. The molecule has 0 bridgehead atoms. The highest BCUT2D eigenvalue weighted by Crippen LogP contribution is 2.27. The molecule has 7 nitrogen and oxygen atoms in total. The Morgan fingerprint density at radius 3 is 1.71 bits per heavy atom. The van der Waals surface area contributed by atoms with Gasteiger partial charge in [-0.2, -0.15) is 0 Å². The van der Waals surface area contributed by atoms with Gasteiger partial charge in [0.25, 0.3) is 20.0 Å². The third-order valence-corrected chi connectivity index (χ3v) is 7.57. The second-order valence-electron chi connectivity index (χ2n) is 6.27. The van der Waals surface area contributed by atoms with Crippen molar-refractivity contribution in [1.29, 1.82) is 0 Å². The number of halogens is 2. The average Bonchev–Trinajstić information content (AvgIpc) is 2.71. The maximum absolute atomic E-state index is 12.6. The van der Waals surface area contributed by atoms with Crippen LogP contribution in [0.2, 0.25) is 10.0 Å². The van der Waals surface area contributed by atoms with Crippen molar-refractivity contribution in [2.75, 3.05) is 16.1 Å². The number of rotatable bonds is 8. The van der Waals surface area contributed by atoms with Gasteiger partial charge in [0.05, 0.1) is 32.1 Å². The van der Waals surface area contributed by atoms with E-state index in [1.807, 2.05) is 6.92 Å². The maximum Gasteiger partial charge on any atom is 0.261 e. The molecule has 0 atom stereocenters. The molecular formula is C20H18Cl2N2O5S2. The second kappa shape index (κ2) is 9.35. The van der Waals surface area contributed by atoms with Crippen molar-refractivity contribution >= 4 is 54.6 Å². The number of ether oxygens (including phenoxy) is 1. The monoisotopic (exact) mass is 500 g/mol. The topological polar surface area (TPSA) is 102 Å². The van der Waals surface area contributed by atoms with Crippen molar-refractivity contribution in [2.45, 2.75) is 16.7 Å². The van der Waals surface area contributed by atoms with Crippen LogP contribution in [0.3, 0.4) is 0 Å². The molecule has 3 aromatic rings. The first kappa shape index (κ1) is 23.2. The molecule has 0 fully saturated rings. The zero-order chi connectivity index (χ0) is 22.6. The first-order chi connectivity index (χ1) is 14.6. The summed E-state index contributed by atoms with van der Waals surface area (Å²) in [4.78, 5) is -0.00322. The second-order valence-corrected chi connectivity index (χ2v) is 10.4. The van der Waals surface area contributed by atoms with Gasteiger partial charge in [0, 0.05) is 5.69 Å². The van der Waals surface area contributed by atoms with Gasteiger partial charge in [-0.15, -0.1) is 0 Å². The Balaban J connectivity index is 1.74. The van der Waals surface area contributed by atoms with Gasteiger partial charge in [0.15, 0.2) is 0 Å². The summed E-state index contributed by atoms with van der Waals surface area (Å²) in [5.74, 6) is 0.561. The van der Waals surface area contributed by atoms with Crippen LogP contribution in [0.15, 0.2) is 76.5 Å². The van der Waals surface area contributed by atoms with E-state index >= 15 is 0 Å². The Hall–Kier alpha value is -2.46. The molecule has 0 aliphatic carbocycles. The Labute approximate surface area is 191 Å². The van der Waals surface area contributed by atoms with E-state index in [4.69, 9.17) is 27.9 Å². The molecule has 31 heavy (non-hydrogen) atoms. The first-order valence-electron chi connectivity index (χ1n) is 8.94. The van der Waals surface area contributed by atoms with Gasteiger partial charge in [-0.25, -0.2) is 16.8 Å². The highest BCUT2D eigenvalue weighted by molar-refractivity contribution is 7.93. The molecule has 0 unspecified atom stereocenters. The van der Waals surface area contributed by atoms with Gasteiger partial charge in [-0.3, -0.25) is 9.44 Å². The minimum absolute atomic E-state index is 0.0499. The van der Waals surface area contributed by atoms with Crippen molar-refractivity contribution in [3.63, 3.8) is 0 Å². The Bertz CT molecular complexity index is 1280. The lowest BCUT2D eigenvalue weighted by Gasteiger charge is -2.11. The van der Waals surface area contributed by atoms with Gasteiger partial charge in [-0.05, 0) is 73.7 Å². The van der Waals surface area contributed by atoms with Crippen LogP contribution in [0.25, 0.3) is 0 Å². The normalized spacial score (nSPS) is 11.7. The quantitative estimate of drug-likeness (QED) is 0.453. The molecule has 2 N–H and O–H groups in total. The molecule has 3 aromatic carbocycles. The Kier molecular flexibility index (Phi) is 7.00. The summed E-state index contributed by atoms with van der Waals surface area (Å²) >= 11 is 11.7. The molecule has 0 radical (unpaired) electrons. The molecule has 164 valence electrons. The third-order valence-electron chi connectivity index (χ3n) is 4.03. The van der Waals surface area contributed by atoms with E-state index in [9.17, 15) is 16.8 Å². The smallest absolute Gasteiger partial charge is 0.261 e. The lowest BCUT2D eigenvalue weighted by molar-refractivity contribution is 0.340. The molecule has 11 heteroatoms. The van der Waals surface area contributed by atoms with Crippen LogP contribution in [0.1, 0.15) is 6.92 Å². The molecule has 0 heterocycles. The number of benzene rings is 3. The Morgan fingerprint density at radius 2 is 1.19 bits per heavy atom. The highest BCUT2D eigenvalue weighted by Gasteiger charge is 2.17. The summed E-state index contributed by atoms with van der Waals surface area (Å²) in [7, 11) is -7.76. The van der Waals surface area contributed by atoms with E-state index in [1.54, 1.807) is 12.1 Å². The number of nitrogens with one attached hydrogen (secondary N) is 2. The van der Waals surface area contributed by atoms with Crippen LogP contribution in [0.4, 0.5) is 11.4 Å². The zero-order valence-electron chi connectivity index (χ0n) is 16.2. The minimum Gasteiger partial charge on any atom is -0.494 e. The van der Waals surface area contributed by atoms with Crippen LogP contribution in [0.5, 0.6) is 5.75 Å². The molecule has 0 spiro atoms. The molecule has 0 aromatic heterocycles. The van der Waals surface area contributed by atoms with Gasteiger partial charge in [0.1, 0.15) is 5.75 Å². The minimum atomic E-state index is -3.91. The number of hydrogen-bond acceptors (Lipinski definition) is 5. The van der Waals surface area contributed by atoms with Crippen molar-refractivity contribution in [2.24, 2.45) is 0 Å². The zero-order valence-corrected chi connectivity index (χ0v) is 19.3. The van der Waals surface area contributed by atoms with Crippen LogP contribution in [-0.4, -0.2) is 23.4 Å². The summed E-state index contributed by atoms with van der Waals surface area (Å²) in [5.41, 5.74) is 0.456. The summed E-state index contributed by atoms with van der Waals surface area (Å²) in [6, 6.07) is 15.6. The largest absolute Gasteiger partial charge is 0.494 e. The van der Waals surface area contributed by atoms with Gasteiger partial charge in [-0.1, -0.05) is 23.2 Å². The van der Waals surface area contributed by atoms with Crippen molar-refractivity contribution in [1.82, 2.24) is 0 Å². The first-order valence-corrected chi connectivity index (χ1v) is 12.7. The van der Waals surface area contributed by atoms with Gasteiger partial charge in [0.2, 0.25) is 0 Å². The predicted molar refractivity (Wildman–Crippen MR) is 122 cm³/mol. The molecule has 0 saturated carbocycles. The fourth-order valence-corrected chi connectivity index (χ4v) is 4.98. The van der Waals surface area contributed by atoms with E-state index in [1.165, 1.54) is 54.6 Å². The van der Waals surface area contributed by atoms with Crippen LogP contribution >= 0.6 is 23.2 Å². The highest BCUT2D eigenvalue weighted by atomic mass is 35.5. The Morgan fingerprint density at radius 1 is 0.710 bits per heavy atom. The fraction of sp³-hybridized carbons (Fsp3) is 0.100. The molecule has 0 aliphatic rings. The molecule has 0 amide bonds. The molecule has 0 saturated heterocycles. The van der Waals surface area contributed by atoms with Crippen molar-refractivity contribution < 1.29 is 21.6 Å². The number of sulfonamides is 2. The van der Waals surface area contributed by atoms with Crippen LogP contribution in [0, 0.1) is 0 Å². The predicted octanol–water partition coefficient (Wildman–Crippen LogP) is 4.99. The number of anilines is 2.